The minimum Gasteiger partial charge on any atom is -0.399 e. The highest BCUT2D eigenvalue weighted by Crippen LogP contribution is 2.25. The van der Waals surface area contributed by atoms with E-state index in [1.807, 2.05) is 0 Å². The first kappa shape index (κ1) is 13.5. The number of halogens is 2. The van der Waals surface area contributed by atoms with E-state index in [9.17, 15) is 9.18 Å². The molecule has 2 aromatic carbocycles. The summed E-state index contributed by atoms with van der Waals surface area (Å²) in [6.07, 6.45) is 1.56. The van der Waals surface area contributed by atoms with Crippen molar-refractivity contribution >= 4 is 39.8 Å². The molecule has 0 aliphatic carbocycles. The standard InChI is InChI=1S/C15H11ClFN3O/c16-11-2-1-3-13(14(11)17)20-15(21)10-7-19-12-5-4-8(18)6-9(10)12/h1-7,19H,18H2,(H,20,21). The fourth-order valence-electron chi connectivity index (χ4n) is 2.12. The average Bonchev–Trinajstić information content (AvgIpc) is 2.87. The Kier molecular flexibility index (Phi) is 3.27. The van der Waals surface area contributed by atoms with Crippen molar-refractivity contribution in [3.63, 3.8) is 0 Å². The minimum atomic E-state index is -0.660. The number of carbonyl (C=O) groups excluding carboxylic acids is 1. The van der Waals surface area contributed by atoms with Crippen LogP contribution in [0.15, 0.2) is 42.6 Å². The van der Waals surface area contributed by atoms with Crippen LogP contribution in [0.3, 0.4) is 0 Å². The van der Waals surface area contributed by atoms with Crippen molar-refractivity contribution in [1.29, 1.82) is 0 Å². The Labute approximate surface area is 124 Å². The van der Waals surface area contributed by atoms with E-state index >= 15 is 0 Å². The van der Waals surface area contributed by atoms with Crippen molar-refractivity contribution < 1.29 is 9.18 Å². The summed E-state index contributed by atoms with van der Waals surface area (Å²) in [4.78, 5) is 15.3. The molecule has 0 aliphatic heterocycles. The topological polar surface area (TPSA) is 70.9 Å². The molecule has 106 valence electrons. The Morgan fingerprint density at radius 2 is 2.10 bits per heavy atom. The van der Waals surface area contributed by atoms with Gasteiger partial charge < -0.3 is 16.0 Å². The first-order valence-corrected chi connectivity index (χ1v) is 6.56. The molecule has 0 fully saturated rings. The van der Waals surface area contributed by atoms with Crippen molar-refractivity contribution in [3.05, 3.63) is 59.0 Å². The molecule has 1 heterocycles. The molecule has 0 radical (unpaired) electrons. The molecule has 4 nitrogen and oxygen atoms in total. The summed E-state index contributed by atoms with van der Waals surface area (Å²) in [5.74, 6) is -1.10. The van der Waals surface area contributed by atoms with Gasteiger partial charge in [-0.3, -0.25) is 4.79 Å². The van der Waals surface area contributed by atoms with Gasteiger partial charge in [-0.1, -0.05) is 17.7 Å². The first-order chi connectivity index (χ1) is 10.1. The monoisotopic (exact) mass is 303 g/mol. The molecular weight excluding hydrogens is 293 g/mol. The van der Waals surface area contributed by atoms with Crippen LogP contribution in [0.1, 0.15) is 10.4 Å². The number of anilines is 2. The number of H-pyrrole nitrogens is 1. The van der Waals surface area contributed by atoms with E-state index < -0.39 is 11.7 Å². The van der Waals surface area contributed by atoms with E-state index in [2.05, 4.69) is 10.3 Å². The van der Waals surface area contributed by atoms with Crippen LogP contribution in [0.25, 0.3) is 10.9 Å². The van der Waals surface area contributed by atoms with Crippen molar-refractivity contribution in [2.45, 2.75) is 0 Å². The number of hydrogen-bond acceptors (Lipinski definition) is 2. The number of nitrogens with two attached hydrogens (primary N) is 1. The van der Waals surface area contributed by atoms with Crippen molar-refractivity contribution in [2.75, 3.05) is 11.1 Å². The van der Waals surface area contributed by atoms with Crippen LogP contribution in [0.4, 0.5) is 15.8 Å². The van der Waals surface area contributed by atoms with Crippen molar-refractivity contribution in [1.82, 2.24) is 4.98 Å². The number of hydrogen-bond donors (Lipinski definition) is 3. The number of rotatable bonds is 2. The van der Waals surface area contributed by atoms with Gasteiger partial charge in [-0.2, -0.15) is 0 Å². The molecule has 21 heavy (non-hydrogen) atoms. The van der Waals surface area contributed by atoms with Crippen molar-refractivity contribution in [3.8, 4) is 0 Å². The number of benzene rings is 2. The maximum absolute atomic E-state index is 13.8. The Balaban J connectivity index is 1.97. The number of carbonyl (C=O) groups is 1. The zero-order valence-corrected chi connectivity index (χ0v) is 11.5. The maximum atomic E-state index is 13.8. The first-order valence-electron chi connectivity index (χ1n) is 6.18. The summed E-state index contributed by atoms with van der Waals surface area (Å²) in [6.45, 7) is 0. The van der Waals surface area contributed by atoms with E-state index in [4.69, 9.17) is 17.3 Å². The molecule has 3 aromatic rings. The summed E-state index contributed by atoms with van der Waals surface area (Å²) in [6, 6.07) is 9.63. The van der Waals surface area contributed by atoms with Gasteiger partial charge in [0.2, 0.25) is 0 Å². The smallest absolute Gasteiger partial charge is 0.257 e. The number of nitrogen functional groups attached to an aromatic ring is 1. The van der Waals surface area contributed by atoms with E-state index in [1.165, 1.54) is 12.1 Å². The predicted molar refractivity (Wildman–Crippen MR) is 82.1 cm³/mol. The second kappa shape index (κ2) is 5.10. The third kappa shape index (κ3) is 2.43. The fourth-order valence-corrected chi connectivity index (χ4v) is 2.29. The molecule has 0 unspecified atom stereocenters. The van der Waals surface area contributed by atoms with Crippen molar-refractivity contribution in [2.24, 2.45) is 0 Å². The van der Waals surface area contributed by atoms with Gasteiger partial charge in [0.05, 0.1) is 16.3 Å². The second-order valence-corrected chi connectivity index (χ2v) is 4.97. The zero-order valence-electron chi connectivity index (χ0n) is 10.8. The Morgan fingerprint density at radius 3 is 2.90 bits per heavy atom. The molecule has 0 atom stereocenters. The number of aromatic amines is 1. The van der Waals surface area contributed by atoms with Gasteiger partial charge in [-0.15, -0.1) is 0 Å². The molecular formula is C15H11ClFN3O. The van der Waals surface area contributed by atoms with Crippen LogP contribution in [-0.2, 0) is 0 Å². The summed E-state index contributed by atoms with van der Waals surface area (Å²) >= 11 is 5.69. The minimum absolute atomic E-state index is 0.0331. The largest absolute Gasteiger partial charge is 0.399 e. The van der Waals surface area contributed by atoms with Gasteiger partial charge in [-0.05, 0) is 30.3 Å². The van der Waals surface area contributed by atoms with Crippen LogP contribution in [0.2, 0.25) is 5.02 Å². The summed E-state index contributed by atoms with van der Waals surface area (Å²) in [5, 5.41) is 3.14. The lowest BCUT2D eigenvalue weighted by Gasteiger charge is -2.06. The molecule has 6 heteroatoms. The molecule has 0 spiro atoms. The molecule has 1 aromatic heterocycles. The summed E-state index contributed by atoms with van der Waals surface area (Å²) < 4.78 is 13.8. The van der Waals surface area contributed by atoms with Crippen LogP contribution >= 0.6 is 11.6 Å². The van der Waals surface area contributed by atoms with E-state index in [-0.39, 0.29) is 10.7 Å². The lowest BCUT2D eigenvalue weighted by molar-refractivity contribution is 0.102. The van der Waals surface area contributed by atoms with E-state index in [0.29, 0.717) is 16.6 Å². The Bertz CT molecular complexity index is 844. The molecule has 0 bridgehead atoms. The van der Waals surface area contributed by atoms with Crippen LogP contribution < -0.4 is 11.1 Å². The Morgan fingerprint density at radius 1 is 1.29 bits per heavy atom. The van der Waals surface area contributed by atoms with E-state index in [1.54, 1.807) is 30.5 Å². The van der Waals surface area contributed by atoms with Gasteiger partial charge in [0.1, 0.15) is 0 Å². The number of aromatic nitrogens is 1. The predicted octanol–water partition coefficient (Wildman–Crippen LogP) is 3.79. The third-order valence-corrected chi connectivity index (χ3v) is 3.44. The Hall–Kier alpha value is -2.53. The second-order valence-electron chi connectivity index (χ2n) is 4.56. The number of amides is 1. The third-order valence-electron chi connectivity index (χ3n) is 3.15. The highest BCUT2D eigenvalue weighted by Gasteiger charge is 2.15. The molecule has 4 N–H and O–H groups in total. The van der Waals surface area contributed by atoms with Crippen LogP contribution in [-0.4, -0.2) is 10.9 Å². The van der Waals surface area contributed by atoms with Crippen LogP contribution in [0.5, 0.6) is 0 Å². The molecule has 0 saturated carbocycles. The average molecular weight is 304 g/mol. The fraction of sp³-hybridized carbons (Fsp3) is 0. The van der Waals surface area contributed by atoms with Crippen LogP contribution in [0, 0.1) is 5.82 Å². The SMILES string of the molecule is Nc1ccc2[nH]cc(C(=O)Nc3cccc(Cl)c3F)c2c1. The van der Waals surface area contributed by atoms with Gasteiger partial charge >= 0.3 is 0 Å². The summed E-state index contributed by atoms with van der Waals surface area (Å²) in [7, 11) is 0. The normalized spacial score (nSPS) is 10.8. The maximum Gasteiger partial charge on any atom is 0.257 e. The van der Waals surface area contributed by atoms with E-state index in [0.717, 1.165) is 5.52 Å². The van der Waals surface area contributed by atoms with Gasteiger partial charge in [0.15, 0.2) is 5.82 Å². The molecule has 1 amide bonds. The summed E-state index contributed by atoms with van der Waals surface area (Å²) in [5.41, 5.74) is 7.47. The van der Waals surface area contributed by atoms with Gasteiger partial charge in [0.25, 0.3) is 5.91 Å². The van der Waals surface area contributed by atoms with Gasteiger partial charge in [-0.25, -0.2) is 4.39 Å². The molecule has 0 saturated heterocycles. The highest BCUT2D eigenvalue weighted by atomic mass is 35.5. The number of fused-ring (bicyclic) bond motifs is 1. The van der Waals surface area contributed by atoms with Gasteiger partial charge in [0, 0.05) is 22.8 Å². The molecule has 0 aliphatic rings. The lowest BCUT2D eigenvalue weighted by Crippen LogP contribution is -2.12. The molecule has 3 rings (SSSR count). The quantitative estimate of drug-likeness (QED) is 0.630. The lowest BCUT2D eigenvalue weighted by atomic mass is 10.1. The number of nitrogens with one attached hydrogen (secondary N) is 2. The highest BCUT2D eigenvalue weighted by molar-refractivity contribution is 6.31. The zero-order chi connectivity index (χ0) is 15.0.